The maximum atomic E-state index is 5.65. The Kier molecular flexibility index (Phi) is 6.57. The molecule has 0 aromatic rings. The predicted molar refractivity (Wildman–Crippen MR) is 63.1 cm³/mol. The van der Waals surface area contributed by atoms with E-state index in [1.54, 1.807) is 0 Å². The molecule has 1 rings (SSSR count). The second-order valence-corrected chi connectivity index (χ2v) is 4.63. The van der Waals surface area contributed by atoms with E-state index >= 15 is 0 Å². The Morgan fingerprint density at radius 2 is 1.86 bits per heavy atom. The van der Waals surface area contributed by atoms with Crippen LogP contribution in [-0.2, 0) is 0 Å². The minimum atomic E-state index is 0.822. The van der Waals surface area contributed by atoms with Gasteiger partial charge in [0.05, 0.1) is 0 Å². The summed E-state index contributed by atoms with van der Waals surface area (Å²) in [7, 11) is 2.22. The van der Waals surface area contributed by atoms with Crippen LogP contribution in [0, 0.1) is 0 Å². The van der Waals surface area contributed by atoms with Gasteiger partial charge in [0, 0.05) is 19.0 Å². The number of nitrogens with zero attached hydrogens (tertiary/aromatic N) is 2. The Morgan fingerprint density at radius 3 is 2.64 bits per heavy atom. The Labute approximate surface area is 93.2 Å². The fraction of sp³-hybridized carbons (Fsp3) is 1.00. The lowest BCUT2D eigenvalue weighted by molar-refractivity contribution is 0.271. The highest BCUT2D eigenvalue weighted by atomic mass is 35.5. The van der Waals surface area contributed by atoms with Crippen LogP contribution in [0.4, 0.5) is 0 Å². The first-order valence-corrected chi connectivity index (χ1v) is 6.33. The Bertz CT molecular complexity index is 141. The first kappa shape index (κ1) is 12.3. The summed E-state index contributed by atoms with van der Waals surface area (Å²) < 4.78 is 0. The summed E-state index contributed by atoms with van der Waals surface area (Å²) in [6.07, 6.45) is 5.10. The lowest BCUT2D eigenvalue weighted by Gasteiger charge is -2.19. The van der Waals surface area contributed by atoms with Gasteiger partial charge >= 0.3 is 0 Å². The van der Waals surface area contributed by atoms with Crippen molar-refractivity contribution in [3.63, 3.8) is 0 Å². The average Bonchev–Trinajstić information content (AvgIpc) is 2.38. The van der Waals surface area contributed by atoms with Crippen LogP contribution in [-0.4, -0.2) is 55.5 Å². The molecule has 0 saturated carbocycles. The number of hydrogen-bond acceptors (Lipinski definition) is 2. The fourth-order valence-electron chi connectivity index (χ4n) is 1.93. The molecule has 0 aromatic carbocycles. The normalized spacial score (nSPS) is 21.0. The van der Waals surface area contributed by atoms with Crippen molar-refractivity contribution in [3.8, 4) is 0 Å². The van der Waals surface area contributed by atoms with Crippen LogP contribution in [0.25, 0.3) is 0 Å². The second kappa shape index (κ2) is 7.49. The molecule has 1 fully saturated rings. The van der Waals surface area contributed by atoms with Gasteiger partial charge in [-0.15, -0.1) is 11.6 Å². The van der Waals surface area contributed by atoms with Crippen LogP contribution in [0.15, 0.2) is 0 Å². The van der Waals surface area contributed by atoms with Gasteiger partial charge in [-0.1, -0.05) is 6.42 Å². The van der Waals surface area contributed by atoms with Crippen molar-refractivity contribution in [2.24, 2.45) is 0 Å². The van der Waals surface area contributed by atoms with Crippen molar-refractivity contribution in [2.75, 3.05) is 45.7 Å². The number of hydrogen-bond donors (Lipinski definition) is 0. The van der Waals surface area contributed by atoms with Crippen LogP contribution in [0.5, 0.6) is 0 Å². The minimum absolute atomic E-state index is 0.822. The van der Waals surface area contributed by atoms with Gasteiger partial charge in [0.1, 0.15) is 0 Å². The molecule has 0 atom stereocenters. The molecule has 84 valence electrons. The van der Waals surface area contributed by atoms with E-state index < -0.39 is 0 Å². The molecule has 1 heterocycles. The van der Waals surface area contributed by atoms with Gasteiger partial charge in [-0.25, -0.2) is 0 Å². The topological polar surface area (TPSA) is 6.48 Å². The number of unbranched alkanes of at least 4 members (excludes halogenated alkanes) is 2. The highest BCUT2D eigenvalue weighted by Crippen LogP contribution is 2.04. The van der Waals surface area contributed by atoms with Gasteiger partial charge in [0.2, 0.25) is 0 Å². The Morgan fingerprint density at radius 1 is 1.00 bits per heavy atom. The quantitative estimate of drug-likeness (QED) is 0.515. The summed E-state index contributed by atoms with van der Waals surface area (Å²) in [5.41, 5.74) is 0. The number of alkyl halides is 1. The van der Waals surface area contributed by atoms with Crippen LogP contribution in [0.3, 0.4) is 0 Å². The van der Waals surface area contributed by atoms with Crippen LogP contribution >= 0.6 is 11.6 Å². The molecule has 0 N–H and O–H groups in total. The summed E-state index contributed by atoms with van der Waals surface area (Å²) in [6, 6.07) is 0. The summed E-state index contributed by atoms with van der Waals surface area (Å²) >= 11 is 5.65. The molecule has 0 amide bonds. The molecule has 0 unspecified atom stereocenters. The monoisotopic (exact) mass is 218 g/mol. The largest absolute Gasteiger partial charge is 0.305 e. The third kappa shape index (κ3) is 5.18. The zero-order valence-corrected chi connectivity index (χ0v) is 10.1. The highest BCUT2D eigenvalue weighted by molar-refractivity contribution is 6.17. The molecular formula is C11H23ClN2. The molecule has 0 spiro atoms. The van der Waals surface area contributed by atoms with Crippen molar-refractivity contribution >= 4 is 11.6 Å². The molecule has 3 heteroatoms. The van der Waals surface area contributed by atoms with Gasteiger partial charge < -0.3 is 9.80 Å². The minimum Gasteiger partial charge on any atom is -0.305 e. The van der Waals surface area contributed by atoms with E-state index in [1.165, 1.54) is 58.4 Å². The Balaban J connectivity index is 2.05. The highest BCUT2D eigenvalue weighted by Gasteiger charge is 2.10. The van der Waals surface area contributed by atoms with Crippen LogP contribution in [0.1, 0.15) is 25.7 Å². The SMILES string of the molecule is CN1CCCN(CCCCCCl)CC1. The van der Waals surface area contributed by atoms with Gasteiger partial charge in [-0.2, -0.15) is 0 Å². The third-order valence-electron chi connectivity index (χ3n) is 2.92. The predicted octanol–water partition coefficient (Wildman–Crippen LogP) is 2.03. The standard InChI is InChI=1S/C11H23ClN2/c1-13-7-5-9-14(11-10-13)8-4-2-3-6-12/h2-11H2,1H3. The molecule has 1 aliphatic heterocycles. The lowest BCUT2D eigenvalue weighted by atomic mass is 10.2. The molecule has 1 aliphatic rings. The molecule has 0 aromatic heterocycles. The molecule has 1 saturated heterocycles. The molecular weight excluding hydrogens is 196 g/mol. The summed E-state index contributed by atoms with van der Waals surface area (Å²) in [5, 5.41) is 0. The van der Waals surface area contributed by atoms with Gasteiger partial charge in [-0.05, 0) is 45.9 Å². The van der Waals surface area contributed by atoms with Crippen molar-refractivity contribution in [1.82, 2.24) is 9.80 Å². The van der Waals surface area contributed by atoms with Crippen molar-refractivity contribution in [1.29, 1.82) is 0 Å². The van der Waals surface area contributed by atoms with Crippen molar-refractivity contribution in [2.45, 2.75) is 25.7 Å². The van der Waals surface area contributed by atoms with E-state index in [1.807, 2.05) is 0 Å². The fourth-order valence-corrected chi connectivity index (χ4v) is 2.12. The van der Waals surface area contributed by atoms with E-state index in [0.29, 0.717) is 0 Å². The van der Waals surface area contributed by atoms with Gasteiger partial charge in [0.15, 0.2) is 0 Å². The van der Waals surface area contributed by atoms with E-state index in [0.717, 1.165) is 5.88 Å². The third-order valence-corrected chi connectivity index (χ3v) is 3.19. The zero-order chi connectivity index (χ0) is 10.2. The maximum Gasteiger partial charge on any atom is 0.0223 e. The average molecular weight is 219 g/mol. The lowest BCUT2D eigenvalue weighted by Crippen LogP contribution is -2.29. The van der Waals surface area contributed by atoms with Crippen molar-refractivity contribution in [3.05, 3.63) is 0 Å². The molecule has 14 heavy (non-hydrogen) atoms. The Hall–Kier alpha value is 0.210. The molecule has 0 radical (unpaired) electrons. The molecule has 2 nitrogen and oxygen atoms in total. The zero-order valence-electron chi connectivity index (χ0n) is 9.34. The first-order valence-electron chi connectivity index (χ1n) is 5.80. The van der Waals surface area contributed by atoms with Crippen molar-refractivity contribution < 1.29 is 0 Å². The second-order valence-electron chi connectivity index (χ2n) is 4.25. The first-order chi connectivity index (χ1) is 6.83. The van der Waals surface area contributed by atoms with E-state index in [9.17, 15) is 0 Å². The summed E-state index contributed by atoms with van der Waals surface area (Å²) in [4.78, 5) is 5.02. The van der Waals surface area contributed by atoms with Gasteiger partial charge in [0.25, 0.3) is 0 Å². The maximum absolute atomic E-state index is 5.65. The number of rotatable bonds is 5. The molecule has 0 aliphatic carbocycles. The summed E-state index contributed by atoms with van der Waals surface area (Å²) in [5.74, 6) is 0.822. The number of halogens is 1. The van der Waals surface area contributed by atoms with Gasteiger partial charge in [-0.3, -0.25) is 0 Å². The number of likely N-dealkylation sites (N-methyl/N-ethyl adjacent to an activating group) is 1. The van der Waals surface area contributed by atoms with E-state index in [4.69, 9.17) is 11.6 Å². The summed E-state index contributed by atoms with van der Waals surface area (Å²) in [6.45, 7) is 6.29. The smallest absolute Gasteiger partial charge is 0.0223 e. The van der Waals surface area contributed by atoms with Crippen LogP contribution < -0.4 is 0 Å². The molecule has 0 bridgehead atoms. The van der Waals surface area contributed by atoms with E-state index in [-0.39, 0.29) is 0 Å². The van der Waals surface area contributed by atoms with E-state index in [2.05, 4.69) is 16.8 Å². The van der Waals surface area contributed by atoms with Crippen LogP contribution in [0.2, 0.25) is 0 Å².